The van der Waals surface area contributed by atoms with Crippen molar-refractivity contribution < 1.29 is 14.3 Å². The fraction of sp³-hybridized carbons (Fsp3) is 0.833. The molecule has 1 aliphatic heterocycles. The van der Waals surface area contributed by atoms with Crippen molar-refractivity contribution >= 4 is 5.78 Å². The Balaban J connectivity index is 2.08. The molecule has 0 spiro atoms. The fourth-order valence-electron chi connectivity index (χ4n) is 1.31. The molecule has 1 heterocycles. The second-order valence-electron chi connectivity index (χ2n) is 2.47. The van der Waals surface area contributed by atoms with Crippen molar-refractivity contribution in [2.45, 2.75) is 24.7 Å². The SMILES string of the molecule is CO[C@H]1CC(=O)[C@@H]2O[C@H]12. The van der Waals surface area contributed by atoms with Crippen LogP contribution in [0, 0.1) is 0 Å². The Hall–Kier alpha value is -0.410. The second kappa shape index (κ2) is 1.55. The number of ether oxygens (including phenoxy) is 2. The molecular weight excluding hydrogens is 120 g/mol. The minimum Gasteiger partial charge on any atom is -0.378 e. The number of rotatable bonds is 1. The van der Waals surface area contributed by atoms with E-state index in [-0.39, 0.29) is 24.1 Å². The Bertz CT molecular complexity index is 154. The summed E-state index contributed by atoms with van der Waals surface area (Å²) < 4.78 is 9.98. The minimum absolute atomic E-state index is 0.0440. The van der Waals surface area contributed by atoms with Gasteiger partial charge in [0.05, 0.1) is 6.10 Å². The van der Waals surface area contributed by atoms with Gasteiger partial charge in [-0.2, -0.15) is 0 Å². The molecule has 3 nitrogen and oxygen atoms in total. The van der Waals surface area contributed by atoms with Gasteiger partial charge in [0.1, 0.15) is 12.2 Å². The molecule has 9 heavy (non-hydrogen) atoms. The maximum absolute atomic E-state index is 10.8. The molecule has 0 unspecified atom stereocenters. The number of hydrogen-bond donors (Lipinski definition) is 0. The van der Waals surface area contributed by atoms with Crippen molar-refractivity contribution in [1.82, 2.24) is 0 Å². The standard InChI is InChI=1S/C6H8O3/c1-8-4-2-3(7)5-6(4)9-5/h4-6H,2H2,1H3/t4-,5-,6+/m0/s1. The summed E-state index contributed by atoms with van der Waals surface area (Å²) in [7, 11) is 1.61. The molecule has 0 radical (unpaired) electrons. The number of epoxide rings is 1. The van der Waals surface area contributed by atoms with E-state index < -0.39 is 0 Å². The predicted molar refractivity (Wildman–Crippen MR) is 29.1 cm³/mol. The number of carbonyl (C=O) groups excluding carboxylic acids is 1. The molecule has 2 rings (SSSR count). The highest BCUT2D eigenvalue weighted by Crippen LogP contribution is 2.37. The lowest BCUT2D eigenvalue weighted by Gasteiger charge is -2.04. The molecule has 0 aromatic carbocycles. The van der Waals surface area contributed by atoms with Crippen molar-refractivity contribution in [1.29, 1.82) is 0 Å². The molecule has 2 fully saturated rings. The zero-order chi connectivity index (χ0) is 6.43. The third kappa shape index (κ3) is 0.618. The van der Waals surface area contributed by atoms with Crippen LogP contribution in [0.1, 0.15) is 6.42 Å². The summed E-state index contributed by atoms with van der Waals surface area (Å²) in [6.07, 6.45) is 0.589. The first-order valence-electron chi connectivity index (χ1n) is 3.04. The van der Waals surface area contributed by atoms with E-state index in [2.05, 4.69) is 0 Å². The van der Waals surface area contributed by atoms with Crippen molar-refractivity contribution in [2.75, 3.05) is 7.11 Å². The summed E-state index contributed by atoms with van der Waals surface area (Å²) >= 11 is 0. The summed E-state index contributed by atoms with van der Waals surface area (Å²) in [5.74, 6) is 0.201. The Morgan fingerprint density at radius 3 is 2.78 bits per heavy atom. The minimum atomic E-state index is -0.102. The van der Waals surface area contributed by atoms with Crippen LogP contribution in [0.3, 0.4) is 0 Å². The number of fused-ring (bicyclic) bond motifs is 1. The average Bonchev–Trinajstić information content (AvgIpc) is 2.56. The smallest absolute Gasteiger partial charge is 0.167 e. The molecule has 2 aliphatic rings. The highest BCUT2D eigenvalue weighted by atomic mass is 16.6. The van der Waals surface area contributed by atoms with Crippen LogP contribution in [-0.4, -0.2) is 31.2 Å². The van der Waals surface area contributed by atoms with Crippen LogP contribution in [0.2, 0.25) is 0 Å². The summed E-state index contributed by atoms with van der Waals surface area (Å²) in [5.41, 5.74) is 0. The largest absolute Gasteiger partial charge is 0.378 e. The molecule has 3 atom stereocenters. The Labute approximate surface area is 52.9 Å². The van der Waals surface area contributed by atoms with Crippen molar-refractivity contribution in [3.05, 3.63) is 0 Å². The van der Waals surface area contributed by atoms with Crippen LogP contribution in [0.4, 0.5) is 0 Å². The highest BCUT2D eigenvalue weighted by molar-refractivity contribution is 5.89. The van der Waals surface area contributed by atoms with Gasteiger partial charge < -0.3 is 9.47 Å². The topological polar surface area (TPSA) is 38.8 Å². The third-order valence-corrected chi connectivity index (χ3v) is 1.91. The van der Waals surface area contributed by atoms with Crippen LogP contribution < -0.4 is 0 Å². The maximum Gasteiger partial charge on any atom is 0.167 e. The number of Topliss-reactive ketones (excluding diaryl/α,β-unsaturated/α-hetero) is 1. The third-order valence-electron chi connectivity index (χ3n) is 1.91. The van der Waals surface area contributed by atoms with E-state index in [0.29, 0.717) is 6.42 Å². The molecule has 1 aliphatic carbocycles. The van der Waals surface area contributed by atoms with E-state index >= 15 is 0 Å². The maximum atomic E-state index is 10.8. The van der Waals surface area contributed by atoms with Gasteiger partial charge in [-0.3, -0.25) is 4.79 Å². The van der Waals surface area contributed by atoms with E-state index in [1.165, 1.54) is 0 Å². The molecule has 0 aromatic rings. The normalized spacial score (nSPS) is 47.2. The number of carbonyl (C=O) groups is 1. The number of methoxy groups -OCH3 is 1. The molecular formula is C6H8O3. The molecule has 0 bridgehead atoms. The first-order valence-corrected chi connectivity index (χ1v) is 3.04. The lowest BCUT2D eigenvalue weighted by molar-refractivity contribution is -0.121. The summed E-state index contributed by atoms with van der Waals surface area (Å²) in [6.45, 7) is 0. The van der Waals surface area contributed by atoms with Gasteiger partial charge in [0.15, 0.2) is 5.78 Å². The van der Waals surface area contributed by atoms with Crippen molar-refractivity contribution in [3.63, 3.8) is 0 Å². The van der Waals surface area contributed by atoms with Gasteiger partial charge in [0.2, 0.25) is 0 Å². The summed E-state index contributed by atoms with van der Waals surface area (Å²) in [6, 6.07) is 0. The van der Waals surface area contributed by atoms with Crippen molar-refractivity contribution in [3.8, 4) is 0 Å². The quantitative estimate of drug-likeness (QED) is 0.457. The van der Waals surface area contributed by atoms with Crippen LogP contribution in [0.5, 0.6) is 0 Å². The molecule has 0 N–H and O–H groups in total. The van der Waals surface area contributed by atoms with Crippen LogP contribution >= 0.6 is 0 Å². The van der Waals surface area contributed by atoms with E-state index in [9.17, 15) is 4.79 Å². The predicted octanol–water partition coefficient (Wildman–Crippen LogP) is -0.258. The van der Waals surface area contributed by atoms with Gasteiger partial charge >= 0.3 is 0 Å². The molecule has 0 aromatic heterocycles. The van der Waals surface area contributed by atoms with E-state index in [0.717, 1.165) is 0 Å². The number of hydrogen-bond acceptors (Lipinski definition) is 3. The molecule has 50 valence electrons. The Morgan fingerprint density at radius 1 is 1.78 bits per heavy atom. The van der Waals surface area contributed by atoms with Crippen LogP contribution in [-0.2, 0) is 14.3 Å². The van der Waals surface area contributed by atoms with Gasteiger partial charge in [0, 0.05) is 13.5 Å². The lowest BCUT2D eigenvalue weighted by atomic mass is 10.3. The van der Waals surface area contributed by atoms with Crippen molar-refractivity contribution in [2.24, 2.45) is 0 Å². The first kappa shape index (κ1) is 5.38. The zero-order valence-corrected chi connectivity index (χ0v) is 5.16. The summed E-state index contributed by atoms with van der Waals surface area (Å²) in [5, 5.41) is 0. The van der Waals surface area contributed by atoms with E-state index in [4.69, 9.17) is 9.47 Å². The van der Waals surface area contributed by atoms with Crippen LogP contribution in [0.15, 0.2) is 0 Å². The molecule has 3 heteroatoms. The fourth-order valence-corrected chi connectivity index (χ4v) is 1.31. The highest BCUT2D eigenvalue weighted by Gasteiger charge is 2.56. The van der Waals surface area contributed by atoms with E-state index in [1.54, 1.807) is 7.11 Å². The van der Waals surface area contributed by atoms with E-state index in [1.807, 2.05) is 0 Å². The summed E-state index contributed by atoms with van der Waals surface area (Å²) in [4.78, 5) is 10.8. The molecule has 0 amide bonds. The van der Waals surface area contributed by atoms with Gasteiger partial charge in [-0.1, -0.05) is 0 Å². The molecule has 1 saturated carbocycles. The Kier molecular flexibility index (Phi) is 0.926. The monoisotopic (exact) mass is 128 g/mol. The lowest BCUT2D eigenvalue weighted by Crippen LogP contribution is -2.14. The van der Waals surface area contributed by atoms with Gasteiger partial charge in [-0.15, -0.1) is 0 Å². The van der Waals surface area contributed by atoms with Gasteiger partial charge in [0.25, 0.3) is 0 Å². The van der Waals surface area contributed by atoms with Crippen LogP contribution in [0.25, 0.3) is 0 Å². The molecule has 1 saturated heterocycles. The Morgan fingerprint density at radius 2 is 2.56 bits per heavy atom. The average molecular weight is 128 g/mol. The zero-order valence-electron chi connectivity index (χ0n) is 5.16. The first-order chi connectivity index (χ1) is 4.33. The second-order valence-corrected chi connectivity index (χ2v) is 2.47. The van der Waals surface area contributed by atoms with Gasteiger partial charge in [-0.05, 0) is 0 Å². The van der Waals surface area contributed by atoms with Gasteiger partial charge in [-0.25, -0.2) is 0 Å². The number of ketones is 1.